The fraction of sp³-hybridized carbons (Fsp3) is 0.529. The van der Waals surface area contributed by atoms with Crippen molar-refractivity contribution in [3.05, 3.63) is 35.0 Å². The molecular formula is C17H25N3. The van der Waals surface area contributed by atoms with E-state index < -0.39 is 0 Å². The summed E-state index contributed by atoms with van der Waals surface area (Å²) in [5, 5.41) is 5.06. The molecule has 1 atom stereocenters. The first kappa shape index (κ1) is 13.7. The molecular weight excluding hydrogens is 246 g/mol. The molecule has 2 N–H and O–H groups in total. The summed E-state index contributed by atoms with van der Waals surface area (Å²) in [5.74, 6) is 0. The standard InChI is InChI=1S/C17H25N3/c1-4-16-12(2)15-9-13(5-6-17(15)19-16)10-18-14-7-8-20(3)11-14/h5-6,9,14,18-19H,4,7-8,10-11H2,1-3H3. The summed E-state index contributed by atoms with van der Waals surface area (Å²) in [6.07, 6.45) is 2.34. The van der Waals surface area contributed by atoms with Gasteiger partial charge in [0.25, 0.3) is 0 Å². The molecule has 1 aliphatic rings. The first-order valence-electron chi connectivity index (χ1n) is 7.69. The molecule has 0 spiro atoms. The molecule has 0 saturated carbocycles. The Balaban J connectivity index is 1.73. The molecule has 0 aliphatic carbocycles. The van der Waals surface area contributed by atoms with E-state index in [0.29, 0.717) is 6.04 Å². The summed E-state index contributed by atoms with van der Waals surface area (Å²) >= 11 is 0. The molecule has 3 nitrogen and oxygen atoms in total. The normalized spacial score (nSPS) is 20.1. The van der Waals surface area contributed by atoms with Gasteiger partial charge < -0.3 is 15.2 Å². The van der Waals surface area contributed by atoms with E-state index >= 15 is 0 Å². The molecule has 2 aromatic rings. The fourth-order valence-corrected chi connectivity index (χ4v) is 3.26. The number of aryl methyl sites for hydroxylation is 2. The zero-order chi connectivity index (χ0) is 14.1. The lowest BCUT2D eigenvalue weighted by Gasteiger charge is -2.12. The van der Waals surface area contributed by atoms with Crippen LogP contribution in [0.25, 0.3) is 10.9 Å². The highest BCUT2D eigenvalue weighted by Gasteiger charge is 2.18. The Morgan fingerprint density at radius 1 is 1.40 bits per heavy atom. The number of aromatic nitrogens is 1. The monoisotopic (exact) mass is 271 g/mol. The number of rotatable bonds is 4. The predicted octanol–water partition coefficient (Wildman–Crippen LogP) is 2.83. The van der Waals surface area contributed by atoms with Crippen LogP contribution in [0.3, 0.4) is 0 Å². The van der Waals surface area contributed by atoms with Gasteiger partial charge in [0.05, 0.1) is 0 Å². The van der Waals surface area contributed by atoms with E-state index in [1.807, 2.05) is 0 Å². The molecule has 1 unspecified atom stereocenters. The first-order chi connectivity index (χ1) is 9.67. The van der Waals surface area contributed by atoms with Crippen molar-refractivity contribution >= 4 is 10.9 Å². The van der Waals surface area contributed by atoms with Gasteiger partial charge in [-0.15, -0.1) is 0 Å². The Bertz CT molecular complexity index is 600. The van der Waals surface area contributed by atoms with Crippen molar-refractivity contribution < 1.29 is 0 Å². The van der Waals surface area contributed by atoms with Crippen LogP contribution in [0.5, 0.6) is 0 Å². The fourth-order valence-electron chi connectivity index (χ4n) is 3.26. The zero-order valence-electron chi connectivity index (χ0n) is 12.8. The summed E-state index contributed by atoms with van der Waals surface area (Å²) < 4.78 is 0. The summed E-state index contributed by atoms with van der Waals surface area (Å²) in [7, 11) is 2.20. The smallest absolute Gasteiger partial charge is 0.0459 e. The molecule has 0 bridgehead atoms. The number of hydrogen-bond acceptors (Lipinski definition) is 2. The van der Waals surface area contributed by atoms with Crippen LogP contribution in [0.1, 0.15) is 30.2 Å². The number of hydrogen-bond donors (Lipinski definition) is 2. The summed E-state index contributed by atoms with van der Waals surface area (Å²) in [6.45, 7) is 7.79. The Hall–Kier alpha value is -1.32. The van der Waals surface area contributed by atoms with Crippen molar-refractivity contribution in [2.24, 2.45) is 0 Å². The van der Waals surface area contributed by atoms with Gasteiger partial charge in [0, 0.05) is 35.7 Å². The van der Waals surface area contributed by atoms with Crippen molar-refractivity contribution in [3.63, 3.8) is 0 Å². The van der Waals surface area contributed by atoms with Gasteiger partial charge in [-0.3, -0.25) is 0 Å². The number of fused-ring (bicyclic) bond motifs is 1. The van der Waals surface area contributed by atoms with E-state index in [1.54, 1.807) is 0 Å². The van der Waals surface area contributed by atoms with Crippen LogP contribution in [0, 0.1) is 6.92 Å². The maximum atomic E-state index is 3.68. The largest absolute Gasteiger partial charge is 0.358 e. The molecule has 1 aliphatic heterocycles. The van der Waals surface area contributed by atoms with Crippen LogP contribution in [0.4, 0.5) is 0 Å². The molecule has 2 heterocycles. The Morgan fingerprint density at radius 3 is 2.95 bits per heavy atom. The Morgan fingerprint density at radius 2 is 2.25 bits per heavy atom. The maximum absolute atomic E-state index is 3.68. The number of benzene rings is 1. The van der Waals surface area contributed by atoms with Crippen molar-refractivity contribution in [3.8, 4) is 0 Å². The van der Waals surface area contributed by atoms with Gasteiger partial charge in [-0.1, -0.05) is 13.0 Å². The maximum Gasteiger partial charge on any atom is 0.0459 e. The lowest BCUT2D eigenvalue weighted by molar-refractivity contribution is 0.398. The second-order valence-corrected chi connectivity index (χ2v) is 6.09. The van der Waals surface area contributed by atoms with Crippen LogP contribution in [-0.2, 0) is 13.0 Å². The van der Waals surface area contributed by atoms with Crippen LogP contribution in [-0.4, -0.2) is 36.1 Å². The van der Waals surface area contributed by atoms with E-state index in [2.05, 4.69) is 54.3 Å². The minimum atomic E-state index is 0.647. The van der Waals surface area contributed by atoms with E-state index in [0.717, 1.165) is 13.0 Å². The Kier molecular flexibility index (Phi) is 3.81. The third-order valence-corrected chi connectivity index (χ3v) is 4.57. The highest BCUT2D eigenvalue weighted by atomic mass is 15.2. The molecule has 1 saturated heterocycles. The summed E-state index contributed by atoms with van der Waals surface area (Å²) in [6, 6.07) is 7.45. The van der Waals surface area contributed by atoms with Crippen molar-refractivity contribution in [2.75, 3.05) is 20.1 Å². The van der Waals surface area contributed by atoms with Gasteiger partial charge in [-0.2, -0.15) is 0 Å². The molecule has 1 fully saturated rings. The van der Waals surface area contributed by atoms with E-state index in [9.17, 15) is 0 Å². The molecule has 0 amide bonds. The number of H-pyrrole nitrogens is 1. The molecule has 0 radical (unpaired) electrons. The predicted molar refractivity (Wildman–Crippen MR) is 85.2 cm³/mol. The van der Waals surface area contributed by atoms with Crippen LogP contribution in [0.2, 0.25) is 0 Å². The van der Waals surface area contributed by atoms with E-state index in [-0.39, 0.29) is 0 Å². The number of nitrogens with one attached hydrogen (secondary N) is 2. The summed E-state index contributed by atoms with van der Waals surface area (Å²) in [5.41, 5.74) is 5.42. The van der Waals surface area contributed by atoms with Gasteiger partial charge in [0.15, 0.2) is 0 Å². The molecule has 1 aromatic carbocycles. The SMILES string of the molecule is CCc1[nH]c2ccc(CNC3CCN(C)C3)cc2c1C. The molecule has 3 heteroatoms. The lowest BCUT2D eigenvalue weighted by atomic mass is 10.1. The van der Waals surface area contributed by atoms with Crippen LogP contribution >= 0.6 is 0 Å². The topological polar surface area (TPSA) is 31.1 Å². The van der Waals surface area contributed by atoms with E-state index in [1.165, 1.54) is 47.2 Å². The van der Waals surface area contributed by atoms with Crippen molar-refractivity contribution in [2.45, 2.75) is 39.3 Å². The zero-order valence-corrected chi connectivity index (χ0v) is 12.8. The lowest BCUT2D eigenvalue weighted by Crippen LogP contribution is -2.30. The molecule has 3 rings (SSSR count). The third-order valence-electron chi connectivity index (χ3n) is 4.57. The van der Waals surface area contributed by atoms with Crippen LogP contribution < -0.4 is 5.32 Å². The number of nitrogens with zero attached hydrogens (tertiary/aromatic N) is 1. The third kappa shape index (κ3) is 2.60. The average molecular weight is 271 g/mol. The highest BCUT2D eigenvalue weighted by molar-refractivity contribution is 5.85. The van der Waals surface area contributed by atoms with Crippen LogP contribution in [0.15, 0.2) is 18.2 Å². The van der Waals surface area contributed by atoms with Gasteiger partial charge >= 0.3 is 0 Å². The number of likely N-dealkylation sites (tertiary alicyclic amines) is 1. The summed E-state index contributed by atoms with van der Waals surface area (Å²) in [4.78, 5) is 5.91. The van der Waals surface area contributed by atoms with E-state index in [4.69, 9.17) is 0 Å². The quantitative estimate of drug-likeness (QED) is 0.896. The van der Waals surface area contributed by atoms with Crippen molar-refractivity contribution in [1.29, 1.82) is 0 Å². The van der Waals surface area contributed by atoms with Crippen molar-refractivity contribution in [1.82, 2.24) is 15.2 Å². The molecule has 108 valence electrons. The second-order valence-electron chi connectivity index (χ2n) is 6.09. The van der Waals surface area contributed by atoms with Gasteiger partial charge in [0.2, 0.25) is 0 Å². The minimum Gasteiger partial charge on any atom is -0.358 e. The average Bonchev–Trinajstić information content (AvgIpc) is 3.01. The molecule has 1 aromatic heterocycles. The molecule has 20 heavy (non-hydrogen) atoms. The highest BCUT2D eigenvalue weighted by Crippen LogP contribution is 2.23. The van der Waals surface area contributed by atoms with Gasteiger partial charge in [-0.25, -0.2) is 0 Å². The van der Waals surface area contributed by atoms with Gasteiger partial charge in [-0.05, 0) is 56.6 Å². The first-order valence-corrected chi connectivity index (χ1v) is 7.69. The number of likely N-dealkylation sites (N-methyl/N-ethyl adjacent to an activating group) is 1. The Labute approximate surface area is 121 Å². The van der Waals surface area contributed by atoms with Gasteiger partial charge in [0.1, 0.15) is 0 Å². The second kappa shape index (κ2) is 5.58. The minimum absolute atomic E-state index is 0.647. The number of aromatic amines is 1.